The third-order valence-corrected chi connectivity index (χ3v) is 7.03. The first-order chi connectivity index (χ1) is 10.5. The average molecular weight is 301 g/mol. The topological polar surface area (TPSA) is 42.4 Å². The van der Waals surface area contributed by atoms with E-state index in [0.29, 0.717) is 23.7 Å². The van der Waals surface area contributed by atoms with Gasteiger partial charge in [0, 0.05) is 12.3 Å². The van der Waals surface area contributed by atoms with Crippen molar-refractivity contribution in [2.24, 2.45) is 23.2 Å². The fraction of sp³-hybridized carbons (Fsp3) is 0.737. The standard InChI is InChI=1S/C19H27NO2/c1-11-9-19(2)15(6-7-16(19)21)13-5-4-12-8-17(22-3)20-10-14(12)18(11)13/h8,10-11,13,15-16,18,21H,4-7,9H2,1-3H3/t11-,13-,15-,16-,18-,19-/m0/s1. The van der Waals surface area contributed by atoms with Gasteiger partial charge in [-0.25, -0.2) is 4.98 Å². The van der Waals surface area contributed by atoms with Crippen LogP contribution in [0.5, 0.6) is 5.88 Å². The summed E-state index contributed by atoms with van der Waals surface area (Å²) in [5.74, 6) is 3.37. The van der Waals surface area contributed by atoms with Crippen LogP contribution in [-0.2, 0) is 6.42 Å². The van der Waals surface area contributed by atoms with Gasteiger partial charge in [-0.15, -0.1) is 0 Å². The van der Waals surface area contributed by atoms with E-state index in [-0.39, 0.29) is 11.5 Å². The molecule has 2 fully saturated rings. The van der Waals surface area contributed by atoms with Crippen molar-refractivity contribution in [3.8, 4) is 5.88 Å². The van der Waals surface area contributed by atoms with Crippen molar-refractivity contribution in [3.05, 3.63) is 23.4 Å². The Labute approximate surface area is 133 Å². The summed E-state index contributed by atoms with van der Waals surface area (Å²) >= 11 is 0. The molecule has 1 aromatic heterocycles. The predicted molar refractivity (Wildman–Crippen MR) is 86.0 cm³/mol. The second-order valence-corrected chi connectivity index (χ2v) is 8.04. The van der Waals surface area contributed by atoms with Crippen LogP contribution < -0.4 is 4.74 Å². The lowest BCUT2D eigenvalue weighted by molar-refractivity contribution is -0.0442. The van der Waals surface area contributed by atoms with Crippen molar-refractivity contribution >= 4 is 0 Å². The molecule has 0 aromatic carbocycles. The quantitative estimate of drug-likeness (QED) is 0.862. The number of hydrogen-bond donors (Lipinski definition) is 1. The summed E-state index contributed by atoms with van der Waals surface area (Å²) < 4.78 is 5.30. The number of pyridine rings is 1. The molecule has 1 heterocycles. The van der Waals surface area contributed by atoms with Crippen molar-refractivity contribution in [2.75, 3.05) is 7.11 Å². The van der Waals surface area contributed by atoms with Gasteiger partial charge in [-0.05, 0) is 72.3 Å². The number of aliphatic hydroxyl groups is 1. The lowest BCUT2D eigenvalue weighted by Crippen LogP contribution is -2.47. The zero-order chi connectivity index (χ0) is 15.5. The van der Waals surface area contributed by atoms with Crippen LogP contribution in [0.1, 0.15) is 56.6 Å². The molecule has 0 aliphatic heterocycles. The van der Waals surface area contributed by atoms with E-state index in [1.165, 1.54) is 24.0 Å². The smallest absolute Gasteiger partial charge is 0.213 e. The van der Waals surface area contributed by atoms with Gasteiger partial charge in [0.05, 0.1) is 13.2 Å². The molecule has 3 heteroatoms. The summed E-state index contributed by atoms with van der Waals surface area (Å²) in [7, 11) is 1.69. The molecular weight excluding hydrogens is 274 g/mol. The van der Waals surface area contributed by atoms with Crippen LogP contribution >= 0.6 is 0 Å². The molecule has 6 atom stereocenters. The Morgan fingerprint density at radius 1 is 1.32 bits per heavy atom. The molecule has 0 saturated heterocycles. The van der Waals surface area contributed by atoms with Gasteiger partial charge in [-0.3, -0.25) is 0 Å². The van der Waals surface area contributed by atoms with Gasteiger partial charge in [0.15, 0.2) is 0 Å². The van der Waals surface area contributed by atoms with Crippen molar-refractivity contribution < 1.29 is 9.84 Å². The Balaban J connectivity index is 1.73. The van der Waals surface area contributed by atoms with Gasteiger partial charge < -0.3 is 9.84 Å². The number of methoxy groups -OCH3 is 1. The minimum atomic E-state index is -0.101. The van der Waals surface area contributed by atoms with Crippen molar-refractivity contribution in [2.45, 2.75) is 58.0 Å². The number of aliphatic hydroxyl groups excluding tert-OH is 1. The Kier molecular flexibility index (Phi) is 3.26. The molecule has 0 radical (unpaired) electrons. The highest BCUT2D eigenvalue weighted by atomic mass is 16.5. The minimum absolute atomic E-state index is 0.101. The number of fused-ring (bicyclic) bond motifs is 5. The first kappa shape index (κ1) is 14.5. The van der Waals surface area contributed by atoms with E-state index in [1.807, 2.05) is 0 Å². The summed E-state index contributed by atoms with van der Waals surface area (Å²) in [6.45, 7) is 4.72. The van der Waals surface area contributed by atoms with E-state index in [0.717, 1.165) is 25.1 Å². The van der Waals surface area contributed by atoms with Gasteiger partial charge >= 0.3 is 0 Å². The molecular formula is C19H27NO2. The van der Waals surface area contributed by atoms with Gasteiger partial charge in [0.25, 0.3) is 0 Å². The van der Waals surface area contributed by atoms with E-state index >= 15 is 0 Å². The van der Waals surface area contributed by atoms with E-state index < -0.39 is 0 Å². The van der Waals surface area contributed by atoms with Crippen LogP contribution in [0.25, 0.3) is 0 Å². The van der Waals surface area contributed by atoms with Gasteiger partial charge in [0.1, 0.15) is 0 Å². The average Bonchev–Trinajstić information content (AvgIpc) is 2.81. The van der Waals surface area contributed by atoms with E-state index in [2.05, 4.69) is 31.1 Å². The van der Waals surface area contributed by atoms with Crippen LogP contribution in [0.15, 0.2) is 12.3 Å². The Morgan fingerprint density at radius 3 is 2.91 bits per heavy atom. The molecule has 1 N–H and O–H groups in total. The van der Waals surface area contributed by atoms with Crippen LogP contribution in [-0.4, -0.2) is 23.3 Å². The molecule has 0 bridgehead atoms. The molecule has 2 saturated carbocycles. The highest BCUT2D eigenvalue weighted by Gasteiger charge is 2.56. The number of nitrogens with zero attached hydrogens (tertiary/aromatic N) is 1. The highest BCUT2D eigenvalue weighted by Crippen LogP contribution is 2.62. The zero-order valence-electron chi connectivity index (χ0n) is 13.9. The highest BCUT2D eigenvalue weighted by molar-refractivity contribution is 5.36. The summed E-state index contributed by atoms with van der Waals surface area (Å²) in [5.41, 5.74) is 3.02. The monoisotopic (exact) mass is 301 g/mol. The first-order valence-electron chi connectivity index (χ1n) is 8.75. The predicted octanol–water partition coefficient (Wildman–Crippen LogP) is 3.55. The molecule has 3 aliphatic carbocycles. The number of hydrogen-bond acceptors (Lipinski definition) is 3. The van der Waals surface area contributed by atoms with Gasteiger partial charge in [0.2, 0.25) is 5.88 Å². The second kappa shape index (κ2) is 4.95. The number of aromatic nitrogens is 1. The largest absolute Gasteiger partial charge is 0.481 e. The Bertz CT molecular complexity index is 587. The third-order valence-electron chi connectivity index (χ3n) is 7.03. The lowest BCUT2D eigenvalue weighted by atomic mass is 9.52. The Morgan fingerprint density at radius 2 is 2.14 bits per heavy atom. The van der Waals surface area contributed by atoms with Crippen LogP contribution in [0.3, 0.4) is 0 Å². The van der Waals surface area contributed by atoms with Crippen LogP contribution in [0.4, 0.5) is 0 Å². The maximum atomic E-state index is 10.5. The fourth-order valence-corrected chi connectivity index (χ4v) is 6.08. The lowest BCUT2D eigenvalue weighted by Gasteiger charge is -2.53. The Hall–Kier alpha value is -1.09. The van der Waals surface area contributed by atoms with Crippen molar-refractivity contribution in [1.29, 1.82) is 0 Å². The third kappa shape index (κ3) is 1.87. The van der Waals surface area contributed by atoms with Crippen LogP contribution in [0, 0.1) is 23.2 Å². The van der Waals surface area contributed by atoms with Gasteiger partial charge in [-0.2, -0.15) is 0 Å². The summed E-state index contributed by atoms with van der Waals surface area (Å²) in [5, 5.41) is 10.5. The van der Waals surface area contributed by atoms with Crippen LogP contribution in [0.2, 0.25) is 0 Å². The van der Waals surface area contributed by atoms with Crippen molar-refractivity contribution in [3.63, 3.8) is 0 Å². The second-order valence-electron chi connectivity index (χ2n) is 8.04. The summed E-state index contributed by atoms with van der Waals surface area (Å²) in [6.07, 6.45) is 7.68. The summed E-state index contributed by atoms with van der Waals surface area (Å²) in [4.78, 5) is 4.48. The van der Waals surface area contributed by atoms with Gasteiger partial charge in [-0.1, -0.05) is 13.8 Å². The number of aryl methyl sites for hydroxylation is 1. The van der Waals surface area contributed by atoms with E-state index in [4.69, 9.17) is 4.74 Å². The molecule has 3 aliphatic rings. The maximum absolute atomic E-state index is 10.5. The molecule has 120 valence electrons. The molecule has 0 spiro atoms. The molecule has 0 unspecified atom stereocenters. The number of rotatable bonds is 1. The van der Waals surface area contributed by atoms with Crippen molar-refractivity contribution in [1.82, 2.24) is 4.98 Å². The maximum Gasteiger partial charge on any atom is 0.213 e. The fourth-order valence-electron chi connectivity index (χ4n) is 6.08. The number of ether oxygens (including phenoxy) is 1. The molecule has 0 amide bonds. The normalized spacial score (nSPS) is 43.2. The first-order valence-corrected chi connectivity index (χ1v) is 8.75. The summed E-state index contributed by atoms with van der Waals surface area (Å²) in [6, 6.07) is 2.13. The molecule has 1 aromatic rings. The zero-order valence-corrected chi connectivity index (χ0v) is 13.9. The molecule has 22 heavy (non-hydrogen) atoms. The van der Waals surface area contributed by atoms with E-state index in [9.17, 15) is 5.11 Å². The minimum Gasteiger partial charge on any atom is -0.481 e. The molecule has 4 rings (SSSR count). The van der Waals surface area contributed by atoms with E-state index in [1.54, 1.807) is 7.11 Å². The SMILES string of the molecule is COc1cc2c(cn1)[C@@H]1[C@@H](CC2)[C@@H]2CC[C@H](O)[C@@]2(C)C[C@@H]1C. The molecule has 3 nitrogen and oxygen atoms in total.